The third kappa shape index (κ3) is 2.34. The highest BCUT2D eigenvalue weighted by molar-refractivity contribution is 7.60. The highest BCUT2D eigenvalue weighted by atomic mass is 35.5. The molecule has 0 atom stereocenters. The second-order valence-electron chi connectivity index (χ2n) is 3.20. The van der Waals surface area contributed by atoms with Crippen molar-refractivity contribution in [1.29, 1.82) is 0 Å². The highest BCUT2D eigenvalue weighted by Gasteiger charge is 2.25. The molecule has 84 valence electrons. The topological polar surface area (TPSA) is 66.8 Å². The van der Waals surface area contributed by atoms with Crippen LogP contribution in [0, 0.1) is 13.8 Å². The quantitative estimate of drug-likeness (QED) is 0.785. The summed E-state index contributed by atoms with van der Waals surface area (Å²) in [6, 6.07) is 1.25. The van der Waals surface area contributed by atoms with Crippen molar-refractivity contribution in [2.24, 2.45) is 0 Å². The van der Waals surface area contributed by atoms with Crippen molar-refractivity contribution in [3.05, 3.63) is 22.2 Å². The van der Waals surface area contributed by atoms with E-state index < -0.39 is 7.60 Å². The summed E-state index contributed by atoms with van der Waals surface area (Å²) in [4.78, 5) is 18.2. The molecule has 0 saturated carbocycles. The summed E-state index contributed by atoms with van der Waals surface area (Å²) in [6.45, 7) is 3.48. The Morgan fingerprint density at radius 3 is 2.27 bits per heavy atom. The molecule has 15 heavy (non-hydrogen) atoms. The predicted molar refractivity (Wildman–Crippen MR) is 59.2 cm³/mol. The molecule has 0 spiro atoms. The summed E-state index contributed by atoms with van der Waals surface area (Å²) in [5.41, 5.74) is 1.40. The summed E-state index contributed by atoms with van der Waals surface area (Å²) < 4.78 is 16.2. The molecule has 2 N–H and O–H groups in total. The standard InChI is InChI=1S/C9H12ClO4P/c1-5-6(2)9(14-3)8(4-7(5)10)15(11,12)13/h4H,1-3H3,(H2,11,12,13). The fourth-order valence-corrected chi connectivity index (χ4v) is 2.46. The average molecular weight is 251 g/mol. The van der Waals surface area contributed by atoms with Gasteiger partial charge in [0.05, 0.1) is 7.11 Å². The fraction of sp³-hybridized carbons (Fsp3) is 0.333. The Balaban J connectivity index is 3.60. The molecule has 0 radical (unpaired) electrons. The first-order valence-corrected chi connectivity index (χ1v) is 6.18. The molecular formula is C9H12ClO4P. The first kappa shape index (κ1) is 12.5. The molecule has 0 saturated heterocycles. The van der Waals surface area contributed by atoms with Crippen LogP contribution >= 0.6 is 19.2 Å². The maximum absolute atomic E-state index is 11.2. The molecule has 6 heteroatoms. The molecule has 0 heterocycles. The normalized spacial score (nSPS) is 11.6. The van der Waals surface area contributed by atoms with Crippen LogP contribution in [0.3, 0.4) is 0 Å². The molecule has 0 fully saturated rings. The Labute approximate surface area is 93.0 Å². The average Bonchev–Trinajstić information content (AvgIpc) is 2.12. The summed E-state index contributed by atoms with van der Waals surface area (Å²) in [7, 11) is -2.99. The van der Waals surface area contributed by atoms with E-state index in [-0.39, 0.29) is 11.1 Å². The number of hydrogen-bond acceptors (Lipinski definition) is 2. The van der Waals surface area contributed by atoms with Gasteiger partial charge in [-0.15, -0.1) is 0 Å². The lowest BCUT2D eigenvalue weighted by Gasteiger charge is -2.15. The third-order valence-corrected chi connectivity index (χ3v) is 3.63. The molecule has 0 aliphatic rings. The molecule has 1 aromatic carbocycles. The van der Waals surface area contributed by atoms with Crippen molar-refractivity contribution in [3.63, 3.8) is 0 Å². The van der Waals surface area contributed by atoms with Crippen LogP contribution in [-0.2, 0) is 4.57 Å². The van der Waals surface area contributed by atoms with E-state index in [9.17, 15) is 4.57 Å². The Morgan fingerprint density at radius 1 is 1.33 bits per heavy atom. The fourth-order valence-electron chi connectivity index (χ4n) is 1.31. The minimum Gasteiger partial charge on any atom is -0.496 e. The molecule has 1 aromatic rings. The van der Waals surface area contributed by atoms with Crippen LogP contribution in [0.5, 0.6) is 5.75 Å². The lowest BCUT2D eigenvalue weighted by atomic mass is 10.1. The van der Waals surface area contributed by atoms with E-state index in [2.05, 4.69) is 0 Å². The first-order valence-electron chi connectivity index (χ1n) is 4.18. The number of rotatable bonds is 2. The molecule has 0 amide bonds. The molecular weight excluding hydrogens is 239 g/mol. The zero-order chi connectivity index (χ0) is 11.8. The summed E-state index contributed by atoms with van der Waals surface area (Å²) in [5.74, 6) is 0.199. The van der Waals surface area contributed by atoms with Gasteiger partial charge in [-0.25, -0.2) is 0 Å². The molecule has 4 nitrogen and oxygen atoms in total. The van der Waals surface area contributed by atoms with Gasteiger partial charge in [0.2, 0.25) is 0 Å². The van der Waals surface area contributed by atoms with Crippen LogP contribution < -0.4 is 10.0 Å². The summed E-state index contributed by atoms with van der Waals surface area (Å²) in [5, 5.41) is 0.157. The van der Waals surface area contributed by atoms with E-state index in [1.54, 1.807) is 13.8 Å². The van der Waals surface area contributed by atoms with Crippen molar-refractivity contribution in [1.82, 2.24) is 0 Å². The number of methoxy groups -OCH3 is 1. The van der Waals surface area contributed by atoms with E-state index >= 15 is 0 Å². The van der Waals surface area contributed by atoms with Crippen LogP contribution in [0.4, 0.5) is 0 Å². The Bertz CT molecular complexity index is 438. The first-order chi connectivity index (χ1) is 6.79. The van der Waals surface area contributed by atoms with Gasteiger partial charge in [-0.05, 0) is 31.0 Å². The van der Waals surface area contributed by atoms with Gasteiger partial charge in [0.15, 0.2) is 0 Å². The van der Waals surface area contributed by atoms with Gasteiger partial charge in [0.25, 0.3) is 0 Å². The molecule has 1 rings (SSSR count). The Kier molecular flexibility index (Phi) is 3.46. The third-order valence-electron chi connectivity index (χ3n) is 2.28. The zero-order valence-corrected chi connectivity index (χ0v) is 10.3. The molecule has 0 unspecified atom stereocenters. The van der Waals surface area contributed by atoms with Gasteiger partial charge in [-0.2, -0.15) is 0 Å². The minimum atomic E-state index is -4.36. The van der Waals surface area contributed by atoms with Gasteiger partial charge in [-0.1, -0.05) is 11.6 Å². The van der Waals surface area contributed by atoms with Gasteiger partial charge in [-0.3, -0.25) is 4.57 Å². The molecule has 0 aliphatic heterocycles. The van der Waals surface area contributed by atoms with Crippen molar-refractivity contribution in [2.75, 3.05) is 7.11 Å². The molecule has 0 aromatic heterocycles. The van der Waals surface area contributed by atoms with Crippen LogP contribution in [-0.4, -0.2) is 16.9 Å². The van der Waals surface area contributed by atoms with E-state index in [1.165, 1.54) is 13.2 Å². The van der Waals surface area contributed by atoms with Crippen LogP contribution in [0.25, 0.3) is 0 Å². The van der Waals surface area contributed by atoms with Crippen LogP contribution in [0.2, 0.25) is 5.02 Å². The summed E-state index contributed by atoms with van der Waals surface area (Å²) >= 11 is 5.86. The van der Waals surface area contributed by atoms with Gasteiger partial charge in [0.1, 0.15) is 11.1 Å². The van der Waals surface area contributed by atoms with Crippen molar-refractivity contribution < 1.29 is 19.1 Å². The number of ether oxygens (including phenoxy) is 1. The van der Waals surface area contributed by atoms with Gasteiger partial charge >= 0.3 is 7.60 Å². The predicted octanol–water partition coefficient (Wildman–Crippen LogP) is 1.77. The lowest BCUT2D eigenvalue weighted by Crippen LogP contribution is -2.11. The van der Waals surface area contributed by atoms with Crippen molar-refractivity contribution >= 4 is 24.5 Å². The maximum Gasteiger partial charge on any atom is 0.360 e. The number of halogens is 1. The van der Waals surface area contributed by atoms with E-state index in [0.29, 0.717) is 10.6 Å². The zero-order valence-electron chi connectivity index (χ0n) is 8.61. The van der Waals surface area contributed by atoms with Gasteiger partial charge in [0, 0.05) is 5.02 Å². The SMILES string of the molecule is COc1c(P(=O)(O)O)cc(Cl)c(C)c1C. The largest absolute Gasteiger partial charge is 0.496 e. The highest BCUT2D eigenvalue weighted by Crippen LogP contribution is 2.41. The maximum atomic E-state index is 11.2. The minimum absolute atomic E-state index is 0.168. The Morgan fingerprint density at radius 2 is 1.87 bits per heavy atom. The molecule has 0 aliphatic carbocycles. The van der Waals surface area contributed by atoms with Crippen molar-refractivity contribution in [3.8, 4) is 5.75 Å². The van der Waals surface area contributed by atoms with Crippen LogP contribution in [0.15, 0.2) is 6.07 Å². The summed E-state index contributed by atoms with van der Waals surface area (Å²) in [6.07, 6.45) is 0. The molecule has 0 bridgehead atoms. The van der Waals surface area contributed by atoms with Crippen LogP contribution in [0.1, 0.15) is 11.1 Å². The second kappa shape index (κ2) is 4.14. The van der Waals surface area contributed by atoms with E-state index in [4.69, 9.17) is 26.1 Å². The van der Waals surface area contributed by atoms with E-state index in [0.717, 1.165) is 5.56 Å². The van der Waals surface area contributed by atoms with Gasteiger partial charge < -0.3 is 14.5 Å². The van der Waals surface area contributed by atoms with Crippen molar-refractivity contribution in [2.45, 2.75) is 13.8 Å². The second-order valence-corrected chi connectivity index (χ2v) is 5.18. The number of hydrogen-bond donors (Lipinski definition) is 2. The lowest BCUT2D eigenvalue weighted by molar-refractivity contribution is 0.380. The Hall–Kier alpha value is -0.540. The smallest absolute Gasteiger partial charge is 0.360 e. The monoisotopic (exact) mass is 250 g/mol. The van der Waals surface area contributed by atoms with E-state index in [1.807, 2.05) is 0 Å². The number of benzene rings is 1.